The minimum absolute atomic E-state index is 0.0800. The van der Waals surface area contributed by atoms with Crippen LogP contribution in [0.15, 0.2) is 18.5 Å². The van der Waals surface area contributed by atoms with Crippen molar-refractivity contribution in [2.45, 2.75) is 19.8 Å². The molecule has 4 heteroatoms. The summed E-state index contributed by atoms with van der Waals surface area (Å²) < 4.78 is 0. The number of aromatic nitrogens is 2. The van der Waals surface area contributed by atoms with E-state index in [-0.39, 0.29) is 5.91 Å². The fourth-order valence-corrected chi connectivity index (χ4v) is 1.97. The van der Waals surface area contributed by atoms with Gasteiger partial charge < -0.3 is 4.90 Å². The van der Waals surface area contributed by atoms with Crippen LogP contribution in [0.2, 0.25) is 0 Å². The zero-order valence-corrected chi connectivity index (χ0v) is 8.89. The van der Waals surface area contributed by atoms with Gasteiger partial charge in [-0.2, -0.15) is 10.2 Å². The molecule has 0 aromatic carbocycles. The Morgan fingerprint density at radius 2 is 2.40 bits per heavy atom. The van der Waals surface area contributed by atoms with E-state index in [9.17, 15) is 4.79 Å². The van der Waals surface area contributed by atoms with E-state index in [1.807, 2.05) is 4.90 Å². The largest absolute Gasteiger partial charge is 0.338 e. The van der Waals surface area contributed by atoms with E-state index in [1.165, 1.54) is 12.6 Å². The maximum Gasteiger partial charge on any atom is 0.255 e. The third-order valence-electron chi connectivity index (χ3n) is 2.78. The van der Waals surface area contributed by atoms with Gasteiger partial charge in [-0.3, -0.25) is 4.79 Å². The highest BCUT2D eigenvalue weighted by molar-refractivity contribution is 5.93. The number of likely N-dealkylation sites (tertiary alicyclic amines) is 1. The second-order valence-corrected chi connectivity index (χ2v) is 4.13. The molecule has 0 saturated carbocycles. The van der Waals surface area contributed by atoms with Gasteiger partial charge in [-0.05, 0) is 24.8 Å². The number of carbonyl (C=O) groups excluding carboxylic acids is 1. The Morgan fingerprint density at radius 3 is 3.07 bits per heavy atom. The summed E-state index contributed by atoms with van der Waals surface area (Å²) in [5.41, 5.74) is 0.638. The van der Waals surface area contributed by atoms with Crippen molar-refractivity contribution in [2.24, 2.45) is 5.92 Å². The summed E-state index contributed by atoms with van der Waals surface area (Å²) in [6.45, 7) is 3.91. The molecule has 15 heavy (non-hydrogen) atoms. The first kappa shape index (κ1) is 10.1. The summed E-state index contributed by atoms with van der Waals surface area (Å²) in [6, 6.07) is 1.72. The van der Waals surface area contributed by atoms with Gasteiger partial charge in [-0.25, -0.2) is 0 Å². The molecule has 1 aliphatic rings. The average molecular weight is 205 g/mol. The lowest BCUT2D eigenvalue weighted by atomic mass is 10.00. The predicted molar refractivity (Wildman–Crippen MR) is 56.3 cm³/mol. The topological polar surface area (TPSA) is 46.1 Å². The lowest BCUT2D eigenvalue weighted by Crippen LogP contribution is -2.39. The predicted octanol–water partition coefficient (Wildman–Crippen LogP) is 1.35. The van der Waals surface area contributed by atoms with Gasteiger partial charge >= 0.3 is 0 Å². The van der Waals surface area contributed by atoms with Crippen LogP contribution in [0.4, 0.5) is 0 Å². The van der Waals surface area contributed by atoms with Crippen molar-refractivity contribution < 1.29 is 4.79 Å². The van der Waals surface area contributed by atoms with Gasteiger partial charge in [-0.1, -0.05) is 6.92 Å². The molecular formula is C11H15N3O. The molecule has 80 valence electrons. The van der Waals surface area contributed by atoms with Crippen molar-refractivity contribution in [3.63, 3.8) is 0 Å². The molecule has 0 radical (unpaired) electrons. The Morgan fingerprint density at radius 1 is 1.53 bits per heavy atom. The number of hydrogen-bond donors (Lipinski definition) is 0. The molecule has 1 saturated heterocycles. The number of hydrogen-bond acceptors (Lipinski definition) is 3. The molecule has 2 rings (SSSR count). The Kier molecular flexibility index (Phi) is 2.94. The number of carbonyl (C=O) groups is 1. The van der Waals surface area contributed by atoms with Gasteiger partial charge in [0.25, 0.3) is 5.91 Å². The van der Waals surface area contributed by atoms with Gasteiger partial charge in [0.1, 0.15) is 0 Å². The molecule has 4 nitrogen and oxygen atoms in total. The molecule has 1 aromatic heterocycles. The van der Waals surface area contributed by atoms with E-state index < -0.39 is 0 Å². The molecule has 1 aliphatic heterocycles. The van der Waals surface area contributed by atoms with Crippen molar-refractivity contribution in [2.75, 3.05) is 13.1 Å². The molecule has 1 atom stereocenters. The highest BCUT2D eigenvalue weighted by Crippen LogP contribution is 2.17. The van der Waals surface area contributed by atoms with E-state index in [2.05, 4.69) is 17.1 Å². The summed E-state index contributed by atoms with van der Waals surface area (Å²) in [5.74, 6) is 0.689. The van der Waals surface area contributed by atoms with Crippen LogP contribution in [-0.4, -0.2) is 34.1 Å². The van der Waals surface area contributed by atoms with E-state index in [1.54, 1.807) is 12.3 Å². The minimum Gasteiger partial charge on any atom is -0.338 e. The average Bonchev–Trinajstić information content (AvgIpc) is 2.29. The standard InChI is InChI=1S/C11H15N3O/c1-9-3-2-6-14(8-9)11(15)10-4-5-12-13-7-10/h4-5,7,9H,2-3,6,8H2,1H3/t9-/m0/s1. The fourth-order valence-electron chi connectivity index (χ4n) is 1.97. The van der Waals surface area contributed by atoms with Crippen LogP contribution in [0, 0.1) is 5.92 Å². The molecule has 2 heterocycles. The quantitative estimate of drug-likeness (QED) is 0.695. The molecule has 0 unspecified atom stereocenters. The van der Waals surface area contributed by atoms with Gasteiger partial charge in [0.05, 0.1) is 18.0 Å². The zero-order chi connectivity index (χ0) is 10.7. The van der Waals surface area contributed by atoms with Crippen LogP contribution in [-0.2, 0) is 0 Å². The van der Waals surface area contributed by atoms with E-state index in [0.29, 0.717) is 11.5 Å². The maximum atomic E-state index is 12.0. The van der Waals surface area contributed by atoms with E-state index >= 15 is 0 Å². The Labute approximate surface area is 89.3 Å². The fraction of sp³-hybridized carbons (Fsp3) is 0.545. The van der Waals surface area contributed by atoms with Gasteiger partial charge in [0.2, 0.25) is 0 Å². The Bertz CT molecular complexity index is 339. The Balaban J connectivity index is 2.08. The molecule has 1 aromatic rings. The molecule has 0 N–H and O–H groups in total. The lowest BCUT2D eigenvalue weighted by molar-refractivity contribution is 0.0682. The number of rotatable bonds is 1. The van der Waals surface area contributed by atoms with Crippen LogP contribution in [0.3, 0.4) is 0 Å². The van der Waals surface area contributed by atoms with Crippen molar-refractivity contribution in [1.29, 1.82) is 0 Å². The summed E-state index contributed by atoms with van der Waals surface area (Å²) in [7, 11) is 0. The van der Waals surface area contributed by atoms with Crippen molar-refractivity contribution in [3.8, 4) is 0 Å². The van der Waals surface area contributed by atoms with Crippen molar-refractivity contribution in [3.05, 3.63) is 24.0 Å². The Hall–Kier alpha value is -1.45. The summed E-state index contributed by atoms with van der Waals surface area (Å²) in [6.07, 6.45) is 5.41. The van der Waals surface area contributed by atoms with Crippen molar-refractivity contribution in [1.82, 2.24) is 15.1 Å². The zero-order valence-electron chi connectivity index (χ0n) is 8.89. The van der Waals surface area contributed by atoms with Gasteiger partial charge in [-0.15, -0.1) is 0 Å². The van der Waals surface area contributed by atoms with Crippen LogP contribution in [0.1, 0.15) is 30.1 Å². The van der Waals surface area contributed by atoms with Crippen molar-refractivity contribution >= 4 is 5.91 Å². The van der Waals surface area contributed by atoms with E-state index in [4.69, 9.17) is 0 Å². The van der Waals surface area contributed by atoms with Gasteiger partial charge in [0.15, 0.2) is 0 Å². The first-order valence-electron chi connectivity index (χ1n) is 5.33. The summed E-state index contributed by atoms with van der Waals surface area (Å²) in [4.78, 5) is 13.9. The highest BCUT2D eigenvalue weighted by Gasteiger charge is 2.21. The third-order valence-corrected chi connectivity index (χ3v) is 2.78. The minimum atomic E-state index is 0.0800. The molecular weight excluding hydrogens is 190 g/mol. The van der Waals surface area contributed by atoms with Gasteiger partial charge in [0, 0.05) is 13.1 Å². The monoisotopic (exact) mass is 205 g/mol. The molecule has 0 spiro atoms. The first-order valence-corrected chi connectivity index (χ1v) is 5.33. The third kappa shape index (κ3) is 2.32. The lowest BCUT2D eigenvalue weighted by Gasteiger charge is -2.30. The number of nitrogens with zero attached hydrogens (tertiary/aromatic N) is 3. The molecule has 0 bridgehead atoms. The summed E-state index contributed by atoms with van der Waals surface area (Å²) >= 11 is 0. The molecule has 1 amide bonds. The number of piperidine rings is 1. The second kappa shape index (κ2) is 4.38. The van der Waals surface area contributed by atoms with Crippen LogP contribution in [0.25, 0.3) is 0 Å². The first-order chi connectivity index (χ1) is 7.27. The number of amides is 1. The smallest absolute Gasteiger partial charge is 0.255 e. The summed E-state index contributed by atoms with van der Waals surface area (Å²) in [5, 5.41) is 7.39. The molecule has 1 fully saturated rings. The van der Waals surface area contributed by atoms with Crippen LogP contribution >= 0.6 is 0 Å². The normalized spacial score (nSPS) is 21.4. The van der Waals surface area contributed by atoms with Crippen LogP contribution in [0.5, 0.6) is 0 Å². The maximum absolute atomic E-state index is 12.0. The second-order valence-electron chi connectivity index (χ2n) is 4.13. The highest BCUT2D eigenvalue weighted by atomic mass is 16.2. The molecule has 0 aliphatic carbocycles. The van der Waals surface area contributed by atoms with Crippen LogP contribution < -0.4 is 0 Å². The SMILES string of the molecule is C[C@H]1CCCN(C(=O)c2ccnnc2)C1. The van der Waals surface area contributed by atoms with E-state index in [0.717, 1.165) is 19.5 Å².